The van der Waals surface area contributed by atoms with Crippen LogP contribution in [0.4, 0.5) is 5.13 Å². The van der Waals surface area contributed by atoms with E-state index in [1.54, 1.807) is 12.1 Å². The Balaban J connectivity index is 1.53. The average Bonchev–Trinajstić information content (AvgIpc) is 3.42. The highest BCUT2D eigenvalue weighted by Crippen LogP contribution is 2.26. The third kappa shape index (κ3) is 8.66. The Hall–Kier alpha value is -3.77. The summed E-state index contributed by atoms with van der Waals surface area (Å²) in [5.74, 6) is 0.215. The Morgan fingerprint density at radius 3 is 2.25 bits per heavy atom. The lowest BCUT2D eigenvalue weighted by Crippen LogP contribution is -2.52. The van der Waals surface area contributed by atoms with E-state index in [1.165, 1.54) is 27.8 Å². The molecule has 0 radical (unpaired) electrons. The first kappa shape index (κ1) is 33.1. The lowest BCUT2D eigenvalue weighted by molar-refractivity contribution is -0.124. The molecule has 1 amide bonds. The molecule has 4 rings (SSSR count). The third-order valence-corrected chi connectivity index (χ3v) is 9.65. The molecule has 0 unspecified atom stereocenters. The highest BCUT2D eigenvalue weighted by atomic mass is 32.2. The van der Waals surface area contributed by atoms with Gasteiger partial charge in [-0.15, -0.1) is 11.3 Å². The Bertz CT molecular complexity index is 1620. The number of para-hydroxylation sites is 1. The maximum absolute atomic E-state index is 13.9. The highest BCUT2D eigenvalue weighted by molar-refractivity contribution is 7.89. The molecule has 1 aromatic heterocycles. The van der Waals surface area contributed by atoms with Gasteiger partial charge in [-0.3, -0.25) is 4.79 Å². The van der Waals surface area contributed by atoms with Crippen LogP contribution in [-0.2, 0) is 21.2 Å². The maximum atomic E-state index is 13.9. The van der Waals surface area contributed by atoms with Gasteiger partial charge in [0.05, 0.1) is 22.7 Å². The summed E-state index contributed by atoms with van der Waals surface area (Å²) in [6.07, 6.45) is -0.900. The van der Waals surface area contributed by atoms with Crippen LogP contribution in [0.3, 0.4) is 0 Å². The van der Waals surface area contributed by atoms with E-state index in [1.807, 2.05) is 81.6 Å². The second-order valence-electron chi connectivity index (χ2n) is 11.3. The molecule has 9 nitrogen and oxygen atoms in total. The van der Waals surface area contributed by atoms with E-state index in [0.717, 1.165) is 22.3 Å². The number of aromatic nitrogens is 1. The van der Waals surface area contributed by atoms with Gasteiger partial charge in [0.25, 0.3) is 5.91 Å². The van der Waals surface area contributed by atoms with Gasteiger partial charge < -0.3 is 20.9 Å². The van der Waals surface area contributed by atoms with Crippen LogP contribution in [-0.4, -0.2) is 60.6 Å². The second-order valence-corrected chi connectivity index (χ2v) is 14.1. The first-order valence-electron chi connectivity index (χ1n) is 14.5. The van der Waals surface area contributed by atoms with E-state index in [0.29, 0.717) is 23.0 Å². The van der Waals surface area contributed by atoms with E-state index in [2.05, 4.69) is 10.3 Å². The van der Waals surface area contributed by atoms with Gasteiger partial charge in [0.1, 0.15) is 5.75 Å². The number of nitrogens with zero attached hydrogens (tertiary/aromatic N) is 2. The predicted octanol–water partition coefficient (Wildman–Crippen LogP) is 4.82. The molecule has 1 heterocycles. The zero-order chi connectivity index (χ0) is 31.9. The molecule has 0 aliphatic heterocycles. The minimum absolute atomic E-state index is 0.0119. The number of rotatable bonds is 14. The average molecular weight is 637 g/mol. The third-order valence-electron chi connectivity index (χ3n) is 7.13. The summed E-state index contributed by atoms with van der Waals surface area (Å²) in [4.78, 5) is 17.4. The molecule has 0 aliphatic carbocycles. The van der Waals surface area contributed by atoms with Crippen molar-refractivity contribution in [2.75, 3.05) is 25.4 Å². The zero-order valence-electron chi connectivity index (χ0n) is 25.4. The van der Waals surface area contributed by atoms with Crippen LogP contribution in [0.5, 0.6) is 5.75 Å². The van der Waals surface area contributed by atoms with Gasteiger partial charge in [-0.2, -0.15) is 4.31 Å². The molecule has 11 heteroatoms. The van der Waals surface area contributed by atoms with E-state index < -0.39 is 28.1 Å². The Labute approximate surface area is 263 Å². The van der Waals surface area contributed by atoms with Gasteiger partial charge in [-0.05, 0) is 55.0 Å². The normalized spacial score (nSPS) is 13.2. The van der Waals surface area contributed by atoms with Gasteiger partial charge in [-0.1, -0.05) is 74.5 Å². The van der Waals surface area contributed by atoms with E-state index in [-0.39, 0.29) is 30.5 Å². The summed E-state index contributed by atoms with van der Waals surface area (Å²) < 4.78 is 34.8. The molecular weight excluding hydrogens is 597 g/mol. The van der Waals surface area contributed by atoms with E-state index in [4.69, 9.17) is 10.5 Å². The van der Waals surface area contributed by atoms with Gasteiger partial charge in [0.15, 0.2) is 11.7 Å². The molecule has 4 aromatic rings. The van der Waals surface area contributed by atoms with Crippen molar-refractivity contribution in [1.82, 2.24) is 14.6 Å². The fraction of sp³-hybridized carbons (Fsp3) is 0.333. The first-order chi connectivity index (χ1) is 20.9. The Morgan fingerprint density at radius 2 is 1.66 bits per heavy atom. The number of hydrogen-bond donors (Lipinski definition) is 3. The fourth-order valence-corrected chi connectivity index (χ4v) is 7.14. The van der Waals surface area contributed by atoms with Crippen LogP contribution in [0.2, 0.25) is 0 Å². The number of sulfonamides is 1. The Kier molecular flexibility index (Phi) is 11.1. The number of ether oxygens (including phenoxy) is 1. The number of amides is 1. The lowest BCUT2D eigenvalue weighted by Gasteiger charge is -2.31. The summed E-state index contributed by atoms with van der Waals surface area (Å²) in [7, 11) is -3.98. The van der Waals surface area contributed by atoms with E-state index >= 15 is 0 Å². The number of benzene rings is 3. The largest absolute Gasteiger partial charge is 0.483 e. The number of aliphatic hydroxyl groups is 1. The summed E-state index contributed by atoms with van der Waals surface area (Å²) >= 11 is 1.31. The van der Waals surface area contributed by atoms with E-state index in [9.17, 15) is 18.3 Å². The van der Waals surface area contributed by atoms with Crippen molar-refractivity contribution in [3.8, 4) is 17.0 Å². The van der Waals surface area contributed by atoms with Crippen LogP contribution in [0.25, 0.3) is 11.3 Å². The standard InChI is InChI=1S/C33H40N4O5S2/c1-22(2)18-37(44(40,41)27-15-13-26(14-16-27)29-21-43-33(34)36-29)19-30(38)28(17-25-11-6-5-7-12-25)35-31(39)20-42-32-23(3)9-8-10-24(32)4/h5-16,21-22,28,30,38H,17-20H2,1-4H3,(H2,34,36)(H,35,39)/t28-,30+/m0/s1. The summed E-state index contributed by atoms with van der Waals surface area (Å²) in [6, 6.07) is 20.9. The monoisotopic (exact) mass is 636 g/mol. The molecule has 0 fully saturated rings. The van der Waals surface area contributed by atoms with Gasteiger partial charge in [0, 0.05) is 24.0 Å². The van der Waals surface area contributed by atoms with Gasteiger partial charge >= 0.3 is 0 Å². The summed E-state index contributed by atoms with van der Waals surface area (Å²) in [6.45, 7) is 7.39. The maximum Gasteiger partial charge on any atom is 0.258 e. The minimum Gasteiger partial charge on any atom is -0.483 e. The quantitative estimate of drug-likeness (QED) is 0.181. The van der Waals surface area contributed by atoms with Crippen LogP contribution >= 0.6 is 11.3 Å². The van der Waals surface area contributed by atoms with Crippen LogP contribution in [0.15, 0.2) is 83.1 Å². The Morgan fingerprint density at radius 1 is 1.00 bits per heavy atom. The first-order valence-corrected chi connectivity index (χ1v) is 16.8. The minimum atomic E-state index is -3.98. The number of carbonyl (C=O) groups is 1. The van der Waals surface area contributed by atoms with Gasteiger partial charge in [-0.25, -0.2) is 13.4 Å². The van der Waals surface area contributed by atoms with Crippen molar-refractivity contribution < 1.29 is 23.1 Å². The second kappa shape index (κ2) is 14.8. The topological polar surface area (TPSA) is 135 Å². The highest BCUT2D eigenvalue weighted by Gasteiger charge is 2.31. The number of nitrogens with two attached hydrogens (primary N) is 1. The number of nitrogen functional groups attached to an aromatic ring is 1. The summed E-state index contributed by atoms with van der Waals surface area (Å²) in [5, 5.41) is 16.6. The molecule has 0 saturated heterocycles. The van der Waals surface area contributed by atoms with Crippen molar-refractivity contribution in [3.05, 3.63) is 94.9 Å². The predicted molar refractivity (Wildman–Crippen MR) is 175 cm³/mol. The number of carbonyl (C=O) groups excluding carboxylic acids is 1. The lowest BCUT2D eigenvalue weighted by atomic mass is 10.0. The number of nitrogens with one attached hydrogen (secondary N) is 1. The number of aryl methyl sites for hydroxylation is 2. The van der Waals surface area contributed by atoms with Crippen molar-refractivity contribution in [2.24, 2.45) is 5.92 Å². The fourth-order valence-electron chi connectivity index (χ4n) is 4.95. The molecule has 44 heavy (non-hydrogen) atoms. The van der Waals surface area contributed by atoms with Crippen LogP contribution in [0, 0.1) is 19.8 Å². The molecule has 0 aliphatic rings. The van der Waals surface area contributed by atoms with Crippen molar-refractivity contribution in [1.29, 1.82) is 0 Å². The molecule has 4 N–H and O–H groups in total. The SMILES string of the molecule is Cc1cccc(C)c1OCC(=O)N[C@@H](Cc1ccccc1)[C@H](O)CN(CC(C)C)S(=O)(=O)c1ccc(-c2csc(N)n2)cc1. The number of anilines is 1. The number of thiazole rings is 1. The van der Waals surface area contributed by atoms with Crippen molar-refractivity contribution in [3.63, 3.8) is 0 Å². The van der Waals surface area contributed by atoms with Crippen molar-refractivity contribution >= 4 is 32.4 Å². The summed E-state index contributed by atoms with van der Waals surface area (Å²) in [5.41, 5.74) is 9.90. The molecule has 3 aromatic carbocycles. The zero-order valence-corrected chi connectivity index (χ0v) is 27.1. The molecule has 0 saturated carbocycles. The molecule has 0 spiro atoms. The molecule has 2 atom stereocenters. The van der Waals surface area contributed by atoms with Crippen LogP contribution < -0.4 is 15.8 Å². The number of aliphatic hydroxyl groups excluding tert-OH is 1. The molecule has 234 valence electrons. The van der Waals surface area contributed by atoms with Gasteiger partial charge in [0.2, 0.25) is 10.0 Å². The smallest absolute Gasteiger partial charge is 0.258 e. The molecular formula is C33H40N4O5S2. The molecule has 0 bridgehead atoms. The van der Waals surface area contributed by atoms with Crippen molar-refractivity contribution in [2.45, 2.75) is 51.2 Å². The van der Waals surface area contributed by atoms with Crippen LogP contribution in [0.1, 0.15) is 30.5 Å². The number of hydrogen-bond acceptors (Lipinski definition) is 8.